The number of aliphatic hydroxyl groups excluding tert-OH is 1. The van der Waals surface area contributed by atoms with E-state index < -0.39 is 0 Å². The molecule has 0 aliphatic carbocycles. The summed E-state index contributed by atoms with van der Waals surface area (Å²) < 4.78 is 14.4. The zero-order chi connectivity index (χ0) is 15.1. The molecular weight excluding hydrogens is 265 g/mol. The van der Waals surface area contributed by atoms with E-state index in [9.17, 15) is 4.39 Å². The lowest BCUT2D eigenvalue weighted by Gasteiger charge is -2.20. The van der Waals surface area contributed by atoms with Gasteiger partial charge in [0.05, 0.1) is 0 Å². The Morgan fingerprint density at radius 3 is 2.57 bits per heavy atom. The van der Waals surface area contributed by atoms with Crippen molar-refractivity contribution >= 4 is 0 Å². The predicted molar refractivity (Wildman–Crippen MR) is 83.6 cm³/mol. The van der Waals surface area contributed by atoms with Crippen LogP contribution in [0.4, 0.5) is 4.39 Å². The van der Waals surface area contributed by atoms with Crippen molar-refractivity contribution in [2.24, 2.45) is 0 Å². The number of benzene rings is 1. The largest absolute Gasteiger partial charge is 0.396 e. The fourth-order valence-electron chi connectivity index (χ4n) is 2.79. The maximum atomic E-state index is 14.4. The molecule has 1 atom stereocenters. The van der Waals surface area contributed by atoms with Gasteiger partial charge in [0.25, 0.3) is 0 Å². The molecule has 1 heterocycles. The molecule has 21 heavy (non-hydrogen) atoms. The normalized spacial score (nSPS) is 12.3. The van der Waals surface area contributed by atoms with E-state index in [1.807, 2.05) is 18.2 Å². The third-order valence-corrected chi connectivity index (χ3v) is 3.91. The van der Waals surface area contributed by atoms with Gasteiger partial charge in [0.2, 0.25) is 0 Å². The van der Waals surface area contributed by atoms with Crippen molar-refractivity contribution in [3.05, 3.63) is 54.1 Å². The van der Waals surface area contributed by atoms with E-state index in [0.717, 1.165) is 36.8 Å². The Labute approximate surface area is 125 Å². The molecule has 2 rings (SSSR count). The van der Waals surface area contributed by atoms with Crippen LogP contribution in [0.25, 0.3) is 11.1 Å². The van der Waals surface area contributed by atoms with Crippen LogP contribution in [0.2, 0.25) is 0 Å². The van der Waals surface area contributed by atoms with Crippen LogP contribution in [0.15, 0.2) is 42.7 Å². The molecule has 1 aromatic heterocycles. The molecular formula is C18H22FNO. The van der Waals surface area contributed by atoms with Gasteiger partial charge in [-0.3, -0.25) is 4.98 Å². The first-order chi connectivity index (χ1) is 10.3. The number of hydrogen-bond acceptors (Lipinski definition) is 2. The fourth-order valence-corrected chi connectivity index (χ4v) is 2.79. The van der Waals surface area contributed by atoms with Crippen LogP contribution >= 0.6 is 0 Å². The third-order valence-electron chi connectivity index (χ3n) is 3.91. The van der Waals surface area contributed by atoms with Gasteiger partial charge in [0, 0.05) is 24.6 Å². The molecule has 0 fully saturated rings. The minimum atomic E-state index is -0.181. The first kappa shape index (κ1) is 15.6. The van der Waals surface area contributed by atoms with Crippen molar-refractivity contribution in [3.63, 3.8) is 0 Å². The molecule has 2 nitrogen and oxygen atoms in total. The van der Waals surface area contributed by atoms with Crippen LogP contribution in [0.1, 0.15) is 44.1 Å². The van der Waals surface area contributed by atoms with Crippen LogP contribution in [0.5, 0.6) is 0 Å². The standard InChI is InChI=1S/C18H22FNO/c1-2-14(6-3-4-13-21)16-7-5-8-17(19)18(16)15-9-11-20-12-10-15/h5,7-12,14,21H,2-4,6,13H2,1H3/t14-/m0/s1. The van der Waals surface area contributed by atoms with Gasteiger partial charge in [-0.25, -0.2) is 4.39 Å². The fraction of sp³-hybridized carbons (Fsp3) is 0.389. The highest BCUT2D eigenvalue weighted by atomic mass is 19.1. The van der Waals surface area contributed by atoms with Gasteiger partial charge in [-0.15, -0.1) is 0 Å². The number of aliphatic hydroxyl groups is 1. The summed E-state index contributed by atoms with van der Waals surface area (Å²) in [5.41, 5.74) is 2.62. The Morgan fingerprint density at radius 2 is 1.90 bits per heavy atom. The van der Waals surface area contributed by atoms with Crippen LogP contribution in [-0.4, -0.2) is 16.7 Å². The molecule has 1 N–H and O–H groups in total. The van der Waals surface area contributed by atoms with E-state index in [2.05, 4.69) is 11.9 Å². The first-order valence-electron chi connectivity index (χ1n) is 7.57. The Morgan fingerprint density at radius 1 is 1.14 bits per heavy atom. The van der Waals surface area contributed by atoms with E-state index in [-0.39, 0.29) is 12.4 Å². The zero-order valence-electron chi connectivity index (χ0n) is 12.4. The second-order valence-corrected chi connectivity index (χ2v) is 5.26. The molecule has 2 aromatic rings. The summed E-state index contributed by atoms with van der Waals surface area (Å²) in [7, 11) is 0. The zero-order valence-corrected chi connectivity index (χ0v) is 12.4. The summed E-state index contributed by atoms with van der Waals surface area (Å²) >= 11 is 0. The minimum Gasteiger partial charge on any atom is -0.396 e. The average molecular weight is 287 g/mol. The molecule has 0 saturated carbocycles. The summed E-state index contributed by atoms with van der Waals surface area (Å²) in [5.74, 6) is 0.134. The molecule has 0 aliphatic rings. The number of rotatable bonds is 7. The lowest BCUT2D eigenvalue weighted by atomic mass is 9.85. The van der Waals surface area contributed by atoms with Crippen molar-refractivity contribution in [2.45, 2.75) is 38.5 Å². The quantitative estimate of drug-likeness (QED) is 0.758. The molecule has 0 amide bonds. The lowest BCUT2D eigenvalue weighted by Crippen LogP contribution is -2.02. The van der Waals surface area contributed by atoms with E-state index in [1.54, 1.807) is 18.5 Å². The third kappa shape index (κ3) is 3.88. The maximum Gasteiger partial charge on any atom is 0.131 e. The van der Waals surface area contributed by atoms with Gasteiger partial charge in [-0.2, -0.15) is 0 Å². The average Bonchev–Trinajstić information content (AvgIpc) is 2.52. The Kier molecular flexibility index (Phi) is 5.88. The topological polar surface area (TPSA) is 33.1 Å². The molecule has 0 unspecified atom stereocenters. The Balaban J connectivity index is 2.36. The van der Waals surface area contributed by atoms with E-state index in [0.29, 0.717) is 11.5 Å². The SMILES string of the molecule is CC[C@@H](CCCCO)c1cccc(F)c1-c1ccncc1. The van der Waals surface area contributed by atoms with Gasteiger partial charge in [0.15, 0.2) is 0 Å². The minimum absolute atomic E-state index is 0.181. The Bertz CT molecular complexity index is 556. The molecule has 0 bridgehead atoms. The number of unbranched alkanes of at least 4 members (excludes halogenated alkanes) is 1. The first-order valence-corrected chi connectivity index (χ1v) is 7.57. The van der Waals surface area contributed by atoms with Crippen LogP contribution in [0, 0.1) is 5.82 Å². The molecule has 3 heteroatoms. The lowest BCUT2D eigenvalue weighted by molar-refractivity contribution is 0.281. The summed E-state index contributed by atoms with van der Waals surface area (Å²) in [4.78, 5) is 4.01. The summed E-state index contributed by atoms with van der Waals surface area (Å²) in [6.45, 7) is 2.35. The van der Waals surface area contributed by atoms with Gasteiger partial charge >= 0.3 is 0 Å². The summed E-state index contributed by atoms with van der Waals surface area (Å²) in [5, 5.41) is 8.93. The monoisotopic (exact) mass is 287 g/mol. The van der Waals surface area contributed by atoms with Crippen molar-refractivity contribution < 1.29 is 9.50 Å². The Hall–Kier alpha value is -1.74. The molecule has 112 valence electrons. The van der Waals surface area contributed by atoms with Crippen LogP contribution in [-0.2, 0) is 0 Å². The molecule has 0 radical (unpaired) electrons. The number of halogens is 1. The maximum absolute atomic E-state index is 14.4. The highest BCUT2D eigenvalue weighted by Crippen LogP contribution is 2.35. The molecule has 0 spiro atoms. The second-order valence-electron chi connectivity index (χ2n) is 5.26. The van der Waals surface area contributed by atoms with E-state index >= 15 is 0 Å². The highest BCUT2D eigenvalue weighted by Gasteiger charge is 2.17. The van der Waals surface area contributed by atoms with Gasteiger partial charge in [-0.1, -0.05) is 25.5 Å². The number of hydrogen-bond donors (Lipinski definition) is 1. The van der Waals surface area contributed by atoms with Crippen LogP contribution < -0.4 is 0 Å². The second kappa shape index (κ2) is 7.89. The molecule has 0 saturated heterocycles. The van der Waals surface area contributed by atoms with E-state index in [4.69, 9.17) is 5.11 Å². The smallest absolute Gasteiger partial charge is 0.131 e. The number of nitrogens with zero attached hydrogens (tertiary/aromatic N) is 1. The molecule has 1 aromatic carbocycles. The van der Waals surface area contributed by atoms with Crippen molar-refractivity contribution in [2.75, 3.05) is 6.61 Å². The van der Waals surface area contributed by atoms with Crippen molar-refractivity contribution in [1.29, 1.82) is 0 Å². The number of pyridine rings is 1. The van der Waals surface area contributed by atoms with Gasteiger partial charge in [-0.05, 0) is 54.5 Å². The summed E-state index contributed by atoms with van der Waals surface area (Å²) in [6, 6.07) is 9.01. The summed E-state index contributed by atoms with van der Waals surface area (Å²) in [6.07, 6.45) is 7.08. The van der Waals surface area contributed by atoms with Crippen molar-refractivity contribution in [3.8, 4) is 11.1 Å². The van der Waals surface area contributed by atoms with Gasteiger partial charge in [0.1, 0.15) is 5.82 Å². The highest BCUT2D eigenvalue weighted by molar-refractivity contribution is 5.68. The van der Waals surface area contributed by atoms with Gasteiger partial charge < -0.3 is 5.11 Å². The predicted octanol–water partition coefficient (Wildman–Crippen LogP) is 4.54. The molecule has 0 aliphatic heterocycles. The van der Waals surface area contributed by atoms with Crippen molar-refractivity contribution in [1.82, 2.24) is 4.98 Å². The van der Waals surface area contributed by atoms with Crippen LogP contribution in [0.3, 0.4) is 0 Å². The van der Waals surface area contributed by atoms with E-state index in [1.165, 1.54) is 6.07 Å². The number of aromatic nitrogens is 1.